The molecule has 0 saturated heterocycles. The number of nitrogen functional groups attached to an aromatic ring is 1. The van der Waals surface area contributed by atoms with Crippen molar-refractivity contribution >= 4 is 21.7 Å². The summed E-state index contributed by atoms with van der Waals surface area (Å²) in [5.74, 6) is 0.302. The molecule has 0 aliphatic carbocycles. The fraction of sp³-hybridized carbons (Fsp3) is 0.308. The third-order valence-corrected chi connectivity index (χ3v) is 3.97. The lowest BCUT2D eigenvalue weighted by atomic mass is 10.0. The van der Waals surface area contributed by atoms with Crippen LogP contribution in [0.3, 0.4) is 0 Å². The summed E-state index contributed by atoms with van der Waals surface area (Å²) in [5.41, 5.74) is 7.42. The van der Waals surface area contributed by atoms with Crippen LogP contribution in [0.4, 0.5) is 10.2 Å². The molecule has 0 amide bonds. The van der Waals surface area contributed by atoms with Gasteiger partial charge in [-0.15, -0.1) is 0 Å². The first-order chi connectivity index (χ1) is 8.56. The van der Waals surface area contributed by atoms with E-state index in [-0.39, 0.29) is 11.9 Å². The second-order valence-corrected chi connectivity index (χ2v) is 4.97. The summed E-state index contributed by atoms with van der Waals surface area (Å²) in [6.45, 7) is 3.85. The van der Waals surface area contributed by atoms with E-state index in [0.29, 0.717) is 11.4 Å². The maximum atomic E-state index is 13.9. The molecule has 1 aromatic carbocycles. The lowest BCUT2D eigenvalue weighted by Crippen LogP contribution is -2.15. The molecule has 0 saturated carbocycles. The zero-order valence-electron chi connectivity index (χ0n) is 10.3. The van der Waals surface area contributed by atoms with E-state index in [1.807, 2.05) is 19.9 Å². The number of benzene rings is 1. The van der Waals surface area contributed by atoms with Crippen LogP contribution in [-0.2, 0) is 0 Å². The SMILES string of the molecule is CCC(c1ccccc1F)n1nc(C)c(Br)c1N. The zero-order chi connectivity index (χ0) is 13.3. The van der Waals surface area contributed by atoms with Gasteiger partial charge in [-0.3, -0.25) is 0 Å². The Morgan fingerprint density at radius 3 is 2.61 bits per heavy atom. The fourth-order valence-corrected chi connectivity index (χ4v) is 2.31. The number of nitrogens with zero attached hydrogens (tertiary/aromatic N) is 2. The number of aryl methyl sites for hydroxylation is 1. The van der Waals surface area contributed by atoms with Gasteiger partial charge in [-0.1, -0.05) is 25.1 Å². The number of rotatable bonds is 3. The summed E-state index contributed by atoms with van der Waals surface area (Å²) >= 11 is 3.39. The molecule has 2 aromatic rings. The molecule has 3 nitrogen and oxygen atoms in total. The van der Waals surface area contributed by atoms with Crippen LogP contribution >= 0.6 is 15.9 Å². The third-order valence-electron chi connectivity index (χ3n) is 2.99. The van der Waals surface area contributed by atoms with Gasteiger partial charge in [-0.2, -0.15) is 5.10 Å². The first-order valence-electron chi connectivity index (χ1n) is 5.80. The maximum absolute atomic E-state index is 13.9. The van der Waals surface area contributed by atoms with Gasteiger partial charge in [0, 0.05) is 5.56 Å². The molecule has 0 radical (unpaired) electrons. The summed E-state index contributed by atoms with van der Waals surface area (Å²) in [6, 6.07) is 6.55. The second-order valence-electron chi connectivity index (χ2n) is 4.17. The van der Waals surface area contributed by atoms with Crippen molar-refractivity contribution in [3.05, 3.63) is 45.8 Å². The van der Waals surface area contributed by atoms with E-state index in [1.165, 1.54) is 6.07 Å². The summed E-state index contributed by atoms with van der Waals surface area (Å²) in [6.07, 6.45) is 0.721. The Bertz CT molecular complexity index is 565. The van der Waals surface area contributed by atoms with Crippen LogP contribution in [0, 0.1) is 12.7 Å². The molecule has 1 aromatic heterocycles. The van der Waals surface area contributed by atoms with Crippen molar-refractivity contribution in [1.29, 1.82) is 0 Å². The highest BCUT2D eigenvalue weighted by atomic mass is 79.9. The summed E-state index contributed by atoms with van der Waals surface area (Å²) < 4.78 is 16.3. The van der Waals surface area contributed by atoms with Crippen LogP contribution in [0.25, 0.3) is 0 Å². The van der Waals surface area contributed by atoms with Crippen molar-refractivity contribution in [1.82, 2.24) is 9.78 Å². The molecule has 1 heterocycles. The summed E-state index contributed by atoms with van der Waals surface area (Å²) in [7, 11) is 0. The maximum Gasteiger partial charge on any atom is 0.137 e. The van der Waals surface area contributed by atoms with E-state index in [1.54, 1.807) is 16.8 Å². The van der Waals surface area contributed by atoms with E-state index in [4.69, 9.17) is 5.73 Å². The van der Waals surface area contributed by atoms with Gasteiger partial charge in [-0.05, 0) is 35.3 Å². The van der Waals surface area contributed by atoms with E-state index in [0.717, 1.165) is 16.6 Å². The van der Waals surface area contributed by atoms with Gasteiger partial charge in [0.2, 0.25) is 0 Å². The smallest absolute Gasteiger partial charge is 0.137 e. The van der Waals surface area contributed by atoms with Crippen LogP contribution in [0.1, 0.15) is 30.6 Å². The summed E-state index contributed by atoms with van der Waals surface area (Å²) in [5, 5.41) is 4.38. The fourth-order valence-electron chi connectivity index (χ4n) is 2.05. The Morgan fingerprint density at radius 2 is 2.11 bits per heavy atom. The topological polar surface area (TPSA) is 43.8 Å². The van der Waals surface area contributed by atoms with Gasteiger partial charge in [0.05, 0.1) is 16.2 Å². The van der Waals surface area contributed by atoms with Crippen LogP contribution < -0.4 is 5.73 Å². The minimum atomic E-state index is -0.229. The minimum absolute atomic E-state index is 0.184. The molecule has 1 unspecified atom stereocenters. The van der Waals surface area contributed by atoms with Gasteiger partial charge in [0.15, 0.2) is 0 Å². The molecule has 1 atom stereocenters. The number of hydrogen-bond acceptors (Lipinski definition) is 2. The third kappa shape index (κ3) is 2.14. The Morgan fingerprint density at radius 1 is 1.44 bits per heavy atom. The molecule has 96 valence electrons. The molecule has 2 rings (SSSR count). The molecule has 0 fully saturated rings. The Balaban J connectivity index is 2.52. The number of hydrogen-bond donors (Lipinski definition) is 1. The molecule has 0 aliphatic heterocycles. The lowest BCUT2D eigenvalue weighted by Gasteiger charge is -2.18. The van der Waals surface area contributed by atoms with Gasteiger partial charge >= 0.3 is 0 Å². The highest BCUT2D eigenvalue weighted by Crippen LogP contribution is 2.31. The van der Waals surface area contributed by atoms with Crippen molar-refractivity contribution < 1.29 is 4.39 Å². The molecule has 5 heteroatoms. The van der Waals surface area contributed by atoms with Crippen LogP contribution in [-0.4, -0.2) is 9.78 Å². The van der Waals surface area contributed by atoms with E-state index < -0.39 is 0 Å². The van der Waals surface area contributed by atoms with Crippen molar-refractivity contribution in [3.8, 4) is 0 Å². The molecule has 0 aliphatic rings. The highest BCUT2D eigenvalue weighted by Gasteiger charge is 2.21. The molecular weight excluding hydrogens is 297 g/mol. The number of anilines is 1. The lowest BCUT2D eigenvalue weighted by molar-refractivity contribution is 0.483. The average molecular weight is 312 g/mol. The number of halogens is 2. The Hall–Kier alpha value is -1.36. The largest absolute Gasteiger partial charge is 0.383 e. The molecule has 2 N–H and O–H groups in total. The normalized spacial score (nSPS) is 12.7. The Labute approximate surface area is 114 Å². The zero-order valence-corrected chi connectivity index (χ0v) is 11.9. The Kier molecular flexibility index (Phi) is 3.71. The van der Waals surface area contributed by atoms with Gasteiger partial charge in [0.1, 0.15) is 11.6 Å². The highest BCUT2D eigenvalue weighted by molar-refractivity contribution is 9.10. The first kappa shape index (κ1) is 13.1. The van der Waals surface area contributed by atoms with Crippen LogP contribution in [0.5, 0.6) is 0 Å². The molecule has 18 heavy (non-hydrogen) atoms. The average Bonchev–Trinajstić information content (AvgIpc) is 2.61. The quantitative estimate of drug-likeness (QED) is 0.939. The van der Waals surface area contributed by atoms with E-state index in [9.17, 15) is 4.39 Å². The monoisotopic (exact) mass is 311 g/mol. The predicted molar refractivity (Wildman–Crippen MR) is 73.9 cm³/mol. The summed E-state index contributed by atoms with van der Waals surface area (Å²) in [4.78, 5) is 0. The van der Waals surface area contributed by atoms with Crippen molar-refractivity contribution in [2.45, 2.75) is 26.3 Å². The number of aromatic nitrogens is 2. The van der Waals surface area contributed by atoms with Gasteiger partial charge in [0.25, 0.3) is 0 Å². The first-order valence-corrected chi connectivity index (χ1v) is 6.60. The molecule has 0 bridgehead atoms. The van der Waals surface area contributed by atoms with Crippen LogP contribution in [0.2, 0.25) is 0 Å². The van der Waals surface area contributed by atoms with Crippen molar-refractivity contribution in [2.24, 2.45) is 0 Å². The van der Waals surface area contributed by atoms with Crippen molar-refractivity contribution in [3.63, 3.8) is 0 Å². The second kappa shape index (κ2) is 5.10. The van der Waals surface area contributed by atoms with E-state index in [2.05, 4.69) is 21.0 Å². The minimum Gasteiger partial charge on any atom is -0.383 e. The van der Waals surface area contributed by atoms with Crippen molar-refractivity contribution in [2.75, 3.05) is 5.73 Å². The predicted octanol–water partition coefficient (Wildman–Crippen LogP) is 3.67. The van der Waals surface area contributed by atoms with Crippen LogP contribution in [0.15, 0.2) is 28.7 Å². The molecular formula is C13H15BrFN3. The standard InChI is InChI=1S/C13H15BrFN3/c1-3-11(9-6-4-5-7-10(9)15)18-13(16)12(14)8(2)17-18/h4-7,11H,3,16H2,1-2H3. The molecule has 0 spiro atoms. The number of nitrogens with two attached hydrogens (primary N) is 1. The van der Waals surface area contributed by atoms with Gasteiger partial charge in [-0.25, -0.2) is 9.07 Å². The van der Waals surface area contributed by atoms with Gasteiger partial charge < -0.3 is 5.73 Å². The van der Waals surface area contributed by atoms with E-state index >= 15 is 0 Å².